The molecule has 2 saturated heterocycles. The van der Waals surface area contributed by atoms with Crippen molar-refractivity contribution in [2.75, 3.05) is 6.61 Å². The topological polar surface area (TPSA) is 72.9 Å². The Morgan fingerprint density at radius 2 is 1.95 bits per heavy atom. The van der Waals surface area contributed by atoms with Crippen molar-refractivity contribution in [2.45, 2.75) is 71.1 Å². The fourth-order valence-electron chi connectivity index (χ4n) is 3.26. The van der Waals surface area contributed by atoms with Crippen molar-refractivity contribution in [1.82, 2.24) is 4.90 Å². The second-order valence-corrected chi connectivity index (χ2v) is 6.93. The predicted molar refractivity (Wildman–Crippen MR) is 79.2 cm³/mol. The average molecular weight is 311 g/mol. The van der Waals surface area contributed by atoms with Gasteiger partial charge in [0.15, 0.2) is 5.78 Å². The Morgan fingerprint density at radius 1 is 1.27 bits per heavy atom. The van der Waals surface area contributed by atoms with Crippen LogP contribution in [-0.2, 0) is 19.1 Å². The molecule has 0 spiro atoms. The number of rotatable bonds is 2. The predicted octanol–water partition coefficient (Wildman–Crippen LogP) is 2.30. The number of carbonyl (C=O) groups is 3. The average Bonchev–Trinajstić information content (AvgIpc) is 2.40. The van der Waals surface area contributed by atoms with E-state index in [0.29, 0.717) is 12.8 Å². The van der Waals surface area contributed by atoms with Gasteiger partial charge in [0.05, 0.1) is 12.6 Å². The van der Waals surface area contributed by atoms with E-state index in [0.717, 1.165) is 12.8 Å². The number of hydrogen-bond donors (Lipinski definition) is 0. The van der Waals surface area contributed by atoms with Crippen LogP contribution in [0.15, 0.2) is 0 Å². The van der Waals surface area contributed by atoms with Gasteiger partial charge in [-0.15, -0.1) is 0 Å². The van der Waals surface area contributed by atoms with Crippen LogP contribution in [-0.4, -0.2) is 47.0 Å². The van der Waals surface area contributed by atoms with E-state index < -0.39 is 29.6 Å². The molecule has 0 saturated carbocycles. The molecule has 2 fully saturated rings. The van der Waals surface area contributed by atoms with Gasteiger partial charge in [0.25, 0.3) is 0 Å². The second-order valence-electron chi connectivity index (χ2n) is 6.93. The summed E-state index contributed by atoms with van der Waals surface area (Å²) in [6, 6.07) is -0.683. The first kappa shape index (κ1) is 16.8. The third-order valence-electron chi connectivity index (χ3n) is 4.10. The third kappa shape index (κ3) is 3.42. The van der Waals surface area contributed by atoms with Crippen LogP contribution in [0.4, 0.5) is 4.79 Å². The molecule has 0 aromatic heterocycles. The Balaban J connectivity index is 2.17. The number of nitrogens with zero attached hydrogens (tertiary/aromatic N) is 1. The maximum Gasteiger partial charge on any atom is 0.411 e. The van der Waals surface area contributed by atoms with Gasteiger partial charge in [-0.05, 0) is 53.4 Å². The zero-order valence-corrected chi connectivity index (χ0v) is 13.8. The van der Waals surface area contributed by atoms with Crippen LogP contribution in [0.1, 0.15) is 53.4 Å². The molecule has 2 bridgehead atoms. The number of hydrogen-bond acceptors (Lipinski definition) is 5. The van der Waals surface area contributed by atoms with E-state index in [1.807, 2.05) is 0 Å². The summed E-state index contributed by atoms with van der Waals surface area (Å²) in [4.78, 5) is 38.5. The standard InChI is InChI=1S/C16H25NO5/c1-5-21-14(19)11-9-10-7-6-8-12(13(11)18)17(10)15(20)22-16(2,3)4/h10-12H,5-9H2,1-4H3/t10-,11?,12+/m1/s1. The first-order chi connectivity index (χ1) is 10.2. The molecule has 0 aliphatic carbocycles. The van der Waals surface area contributed by atoms with Gasteiger partial charge in [-0.3, -0.25) is 14.5 Å². The molecule has 2 rings (SSSR count). The summed E-state index contributed by atoms with van der Waals surface area (Å²) in [5, 5.41) is 0. The van der Waals surface area contributed by atoms with Gasteiger partial charge in [-0.25, -0.2) is 4.79 Å². The molecule has 3 atom stereocenters. The van der Waals surface area contributed by atoms with Crippen LogP contribution in [0.2, 0.25) is 0 Å². The van der Waals surface area contributed by atoms with Crippen LogP contribution < -0.4 is 0 Å². The molecule has 124 valence electrons. The summed E-state index contributed by atoms with van der Waals surface area (Å²) in [6.07, 6.45) is 2.14. The normalized spacial score (nSPS) is 28.3. The van der Waals surface area contributed by atoms with Crippen molar-refractivity contribution in [1.29, 1.82) is 0 Å². The van der Waals surface area contributed by atoms with Gasteiger partial charge in [-0.1, -0.05) is 0 Å². The summed E-state index contributed by atoms with van der Waals surface area (Å²) < 4.78 is 10.4. The van der Waals surface area contributed by atoms with Crippen LogP contribution in [0.3, 0.4) is 0 Å². The van der Waals surface area contributed by atoms with Gasteiger partial charge in [0, 0.05) is 6.04 Å². The van der Waals surface area contributed by atoms with Gasteiger partial charge in [-0.2, -0.15) is 0 Å². The van der Waals surface area contributed by atoms with E-state index >= 15 is 0 Å². The Hall–Kier alpha value is -1.59. The summed E-state index contributed by atoms with van der Waals surface area (Å²) in [6.45, 7) is 7.38. The molecule has 2 heterocycles. The molecule has 1 unspecified atom stereocenters. The monoisotopic (exact) mass is 311 g/mol. The molecular formula is C16H25NO5. The molecule has 1 amide bonds. The van der Waals surface area contributed by atoms with Gasteiger partial charge in [0.2, 0.25) is 0 Å². The first-order valence-electron chi connectivity index (χ1n) is 7.96. The molecule has 2 aliphatic rings. The molecular weight excluding hydrogens is 286 g/mol. The highest BCUT2D eigenvalue weighted by Gasteiger charge is 2.50. The van der Waals surface area contributed by atoms with E-state index in [1.165, 1.54) is 0 Å². The number of esters is 1. The zero-order valence-electron chi connectivity index (χ0n) is 13.8. The number of ether oxygens (including phenoxy) is 2. The van der Waals surface area contributed by atoms with Crippen molar-refractivity contribution >= 4 is 17.8 Å². The lowest BCUT2D eigenvalue weighted by molar-refractivity contribution is -0.158. The van der Waals surface area contributed by atoms with E-state index in [4.69, 9.17) is 9.47 Å². The molecule has 22 heavy (non-hydrogen) atoms. The Kier molecular flexibility index (Phi) is 4.78. The summed E-state index contributed by atoms with van der Waals surface area (Å²) in [5.74, 6) is -1.41. The smallest absolute Gasteiger partial charge is 0.411 e. The number of carbonyl (C=O) groups excluding carboxylic acids is 3. The van der Waals surface area contributed by atoms with E-state index in [1.54, 1.807) is 32.6 Å². The van der Waals surface area contributed by atoms with E-state index in [2.05, 4.69) is 0 Å². The number of fused-ring (bicyclic) bond motifs is 2. The minimum atomic E-state index is -0.742. The number of ketones is 1. The van der Waals surface area contributed by atoms with Gasteiger partial charge < -0.3 is 9.47 Å². The maximum atomic E-state index is 12.6. The largest absolute Gasteiger partial charge is 0.465 e. The van der Waals surface area contributed by atoms with Gasteiger partial charge >= 0.3 is 12.1 Å². The minimum Gasteiger partial charge on any atom is -0.465 e. The highest BCUT2D eigenvalue weighted by atomic mass is 16.6. The minimum absolute atomic E-state index is 0.124. The molecule has 6 heteroatoms. The van der Waals surface area contributed by atoms with Crippen LogP contribution >= 0.6 is 0 Å². The molecule has 2 aliphatic heterocycles. The highest BCUT2D eigenvalue weighted by Crippen LogP contribution is 2.36. The fourth-order valence-corrected chi connectivity index (χ4v) is 3.26. The summed E-state index contributed by atoms with van der Waals surface area (Å²) >= 11 is 0. The van der Waals surface area contributed by atoms with Crippen molar-refractivity contribution in [3.05, 3.63) is 0 Å². The zero-order chi connectivity index (χ0) is 16.5. The van der Waals surface area contributed by atoms with Crippen molar-refractivity contribution in [3.63, 3.8) is 0 Å². The lowest BCUT2D eigenvalue weighted by atomic mass is 9.77. The third-order valence-corrected chi connectivity index (χ3v) is 4.10. The Morgan fingerprint density at radius 3 is 2.55 bits per heavy atom. The lowest BCUT2D eigenvalue weighted by Gasteiger charge is -2.46. The highest BCUT2D eigenvalue weighted by molar-refractivity contribution is 6.03. The van der Waals surface area contributed by atoms with Crippen molar-refractivity contribution in [2.24, 2.45) is 5.92 Å². The first-order valence-corrected chi connectivity index (χ1v) is 7.96. The second kappa shape index (κ2) is 6.26. The molecule has 0 aromatic carbocycles. The van der Waals surface area contributed by atoms with E-state index in [-0.39, 0.29) is 18.4 Å². The number of amides is 1. The van der Waals surface area contributed by atoms with Crippen molar-refractivity contribution in [3.8, 4) is 0 Å². The number of Topliss-reactive ketones (excluding diaryl/α,β-unsaturated/α-hetero) is 1. The van der Waals surface area contributed by atoms with Crippen LogP contribution in [0.5, 0.6) is 0 Å². The Bertz CT molecular complexity index is 468. The van der Waals surface area contributed by atoms with E-state index in [9.17, 15) is 14.4 Å². The summed E-state index contributed by atoms with van der Waals surface area (Å²) in [7, 11) is 0. The molecule has 0 aromatic rings. The molecule has 0 radical (unpaired) electrons. The maximum absolute atomic E-state index is 12.6. The quantitative estimate of drug-likeness (QED) is 0.578. The van der Waals surface area contributed by atoms with Gasteiger partial charge in [0.1, 0.15) is 11.5 Å². The SMILES string of the molecule is CCOC(=O)C1C[C@H]2CCC[C@@H](C1=O)N2C(=O)OC(C)(C)C. The Labute approximate surface area is 131 Å². The van der Waals surface area contributed by atoms with Crippen molar-refractivity contribution < 1.29 is 23.9 Å². The van der Waals surface area contributed by atoms with Crippen LogP contribution in [0, 0.1) is 5.92 Å². The number of piperidine rings is 2. The molecule has 0 N–H and O–H groups in total. The lowest BCUT2D eigenvalue weighted by Crippen LogP contribution is -2.61. The molecule has 6 nitrogen and oxygen atoms in total. The fraction of sp³-hybridized carbons (Fsp3) is 0.812. The summed E-state index contributed by atoms with van der Waals surface area (Å²) in [5.41, 5.74) is -0.605. The van der Waals surface area contributed by atoms with Crippen LogP contribution in [0.25, 0.3) is 0 Å².